The van der Waals surface area contributed by atoms with E-state index in [1.165, 1.54) is 12.8 Å². The number of hydrogen-bond acceptors (Lipinski definition) is 2. The Bertz CT molecular complexity index is 304. The molecule has 0 aromatic heterocycles. The first-order valence-electron chi connectivity index (χ1n) is 6.91. The van der Waals surface area contributed by atoms with E-state index in [0.29, 0.717) is 11.3 Å². The van der Waals surface area contributed by atoms with E-state index >= 15 is 0 Å². The summed E-state index contributed by atoms with van der Waals surface area (Å²) in [7, 11) is 0. The van der Waals surface area contributed by atoms with Crippen LogP contribution in [0.15, 0.2) is 0 Å². The van der Waals surface area contributed by atoms with Gasteiger partial charge in [-0.2, -0.15) is 9.78 Å². The third kappa shape index (κ3) is 1.76. The van der Waals surface area contributed by atoms with Gasteiger partial charge >= 0.3 is 0 Å². The Balaban J connectivity index is 2.45. The van der Waals surface area contributed by atoms with Gasteiger partial charge in [-0.3, -0.25) is 0 Å². The Labute approximate surface area is 106 Å². The first-order chi connectivity index (χ1) is 7.55. The predicted molar refractivity (Wildman–Crippen MR) is 69.3 cm³/mol. The lowest BCUT2D eigenvalue weighted by molar-refractivity contribution is -0.122. The Morgan fingerprint density at radius 3 is 1.88 bits per heavy atom. The van der Waals surface area contributed by atoms with Crippen molar-refractivity contribution in [1.29, 1.82) is 0 Å². The summed E-state index contributed by atoms with van der Waals surface area (Å²) in [6.45, 7) is 16.4. The summed E-state index contributed by atoms with van der Waals surface area (Å²) >= 11 is 0. The molecule has 100 valence electrons. The summed E-state index contributed by atoms with van der Waals surface area (Å²) in [5.74, 6) is 0.327. The van der Waals surface area contributed by atoms with Crippen LogP contribution in [-0.4, -0.2) is 5.79 Å². The Morgan fingerprint density at radius 2 is 1.53 bits per heavy atom. The van der Waals surface area contributed by atoms with Gasteiger partial charge in [0.2, 0.25) is 5.79 Å². The second-order valence-electron chi connectivity index (χ2n) is 8.18. The van der Waals surface area contributed by atoms with Crippen LogP contribution in [0.2, 0.25) is 0 Å². The van der Waals surface area contributed by atoms with Gasteiger partial charge in [-0.1, -0.05) is 48.5 Å². The first-order valence-corrected chi connectivity index (χ1v) is 6.91. The van der Waals surface area contributed by atoms with Crippen LogP contribution in [0.4, 0.5) is 0 Å². The van der Waals surface area contributed by atoms with Crippen LogP contribution >= 0.6 is 0 Å². The molecule has 1 saturated carbocycles. The fraction of sp³-hybridized carbons (Fsp3) is 1.00. The lowest BCUT2D eigenvalue weighted by Crippen LogP contribution is -2.56. The second-order valence-corrected chi connectivity index (χ2v) is 8.18. The zero-order valence-corrected chi connectivity index (χ0v) is 12.5. The molecule has 0 aromatic carbocycles. The van der Waals surface area contributed by atoms with Crippen molar-refractivity contribution >= 4 is 0 Å². The summed E-state index contributed by atoms with van der Waals surface area (Å²) in [6.07, 6.45) is 3.55. The van der Waals surface area contributed by atoms with Crippen molar-refractivity contribution in [3.8, 4) is 0 Å². The normalized spacial score (nSPS) is 37.2. The van der Waals surface area contributed by atoms with Crippen molar-refractivity contribution in [1.82, 2.24) is 0 Å². The van der Waals surface area contributed by atoms with E-state index in [9.17, 15) is 0 Å². The van der Waals surface area contributed by atoms with Crippen molar-refractivity contribution in [2.45, 2.75) is 73.5 Å². The van der Waals surface area contributed by atoms with Gasteiger partial charge in [0.05, 0.1) is 0 Å². The monoisotopic (exact) mass is 240 g/mol. The summed E-state index contributed by atoms with van der Waals surface area (Å²) in [5, 5.41) is 0. The third-order valence-electron chi connectivity index (χ3n) is 5.37. The third-order valence-corrected chi connectivity index (χ3v) is 5.37. The Kier molecular flexibility index (Phi) is 2.73. The molecule has 1 aliphatic carbocycles. The van der Waals surface area contributed by atoms with Gasteiger partial charge in [0.15, 0.2) is 0 Å². The van der Waals surface area contributed by atoms with Crippen LogP contribution in [0.3, 0.4) is 0 Å². The maximum Gasteiger partial charge on any atom is 0.240 e. The van der Waals surface area contributed by atoms with E-state index < -0.39 is 0 Å². The standard InChI is InChI=1S/C15H28O2/c1-12(2,3)11-9-8-10-15(16-17-15)14(11,7)13(4,5)6/h11H,8-10H2,1-7H3. The number of rotatable bonds is 0. The van der Waals surface area contributed by atoms with Gasteiger partial charge in [-0.25, -0.2) is 0 Å². The van der Waals surface area contributed by atoms with Crippen LogP contribution in [0.1, 0.15) is 67.7 Å². The molecule has 2 heteroatoms. The molecule has 1 heterocycles. The topological polar surface area (TPSA) is 25.1 Å². The molecule has 2 nitrogen and oxygen atoms in total. The molecule has 2 aliphatic rings. The lowest BCUT2D eigenvalue weighted by Gasteiger charge is -2.56. The fourth-order valence-corrected chi connectivity index (χ4v) is 4.05. The molecule has 1 aliphatic heterocycles. The highest BCUT2D eigenvalue weighted by molar-refractivity contribution is 5.09. The largest absolute Gasteiger partial charge is 0.240 e. The zero-order valence-electron chi connectivity index (χ0n) is 12.5. The zero-order chi connectivity index (χ0) is 13.1. The van der Waals surface area contributed by atoms with Crippen LogP contribution in [0.25, 0.3) is 0 Å². The molecule has 1 saturated heterocycles. The minimum atomic E-state index is -0.304. The van der Waals surface area contributed by atoms with Crippen molar-refractivity contribution in [3.05, 3.63) is 0 Å². The highest BCUT2D eigenvalue weighted by Crippen LogP contribution is 2.67. The molecule has 0 amide bonds. The van der Waals surface area contributed by atoms with Crippen LogP contribution in [0, 0.1) is 22.2 Å². The van der Waals surface area contributed by atoms with Crippen molar-refractivity contribution in [2.75, 3.05) is 0 Å². The van der Waals surface area contributed by atoms with E-state index in [0.717, 1.165) is 6.42 Å². The van der Waals surface area contributed by atoms with Crippen LogP contribution in [-0.2, 0) is 9.78 Å². The Morgan fingerprint density at radius 1 is 1.00 bits per heavy atom. The summed E-state index contributed by atoms with van der Waals surface area (Å²) in [4.78, 5) is 11.0. The summed E-state index contributed by atoms with van der Waals surface area (Å²) in [5.41, 5.74) is 0.559. The minimum Gasteiger partial charge on any atom is -0.194 e. The summed E-state index contributed by atoms with van der Waals surface area (Å²) < 4.78 is 0. The van der Waals surface area contributed by atoms with Crippen LogP contribution in [0.5, 0.6) is 0 Å². The molecule has 1 spiro atoms. The SMILES string of the molecule is CC(C)(C)C1CCCC2(OO2)C1(C)C(C)(C)C. The number of hydrogen-bond donors (Lipinski definition) is 0. The fourth-order valence-electron chi connectivity index (χ4n) is 4.05. The van der Waals surface area contributed by atoms with E-state index in [4.69, 9.17) is 9.78 Å². The molecule has 0 N–H and O–H groups in total. The Hall–Kier alpha value is -0.0800. The van der Waals surface area contributed by atoms with Crippen molar-refractivity contribution in [3.63, 3.8) is 0 Å². The van der Waals surface area contributed by atoms with E-state index in [1.54, 1.807) is 0 Å². The maximum absolute atomic E-state index is 5.50. The van der Waals surface area contributed by atoms with Gasteiger partial charge in [0, 0.05) is 11.8 Å². The van der Waals surface area contributed by atoms with Crippen molar-refractivity contribution < 1.29 is 9.78 Å². The average Bonchev–Trinajstić information content (AvgIpc) is 2.87. The maximum atomic E-state index is 5.50. The molecule has 2 unspecified atom stereocenters. The molecular formula is C15H28O2. The highest BCUT2D eigenvalue weighted by atomic mass is 17.4. The van der Waals surface area contributed by atoms with Gasteiger partial charge < -0.3 is 0 Å². The smallest absolute Gasteiger partial charge is 0.194 e. The van der Waals surface area contributed by atoms with E-state index in [-0.39, 0.29) is 16.6 Å². The van der Waals surface area contributed by atoms with Gasteiger partial charge in [0.25, 0.3) is 0 Å². The molecule has 0 bridgehead atoms. The van der Waals surface area contributed by atoms with Gasteiger partial charge in [0.1, 0.15) is 0 Å². The minimum absolute atomic E-state index is 0.0799. The quantitative estimate of drug-likeness (QED) is 0.458. The average molecular weight is 240 g/mol. The molecule has 17 heavy (non-hydrogen) atoms. The van der Waals surface area contributed by atoms with Gasteiger partial charge in [-0.05, 0) is 29.6 Å². The molecule has 0 aromatic rings. The van der Waals surface area contributed by atoms with Crippen molar-refractivity contribution in [2.24, 2.45) is 22.2 Å². The lowest BCUT2D eigenvalue weighted by atomic mass is 9.48. The molecule has 2 fully saturated rings. The molecule has 2 atom stereocenters. The van der Waals surface area contributed by atoms with E-state index in [2.05, 4.69) is 48.5 Å². The second kappa shape index (κ2) is 3.48. The summed E-state index contributed by atoms with van der Waals surface area (Å²) in [6, 6.07) is 0. The molecule has 0 radical (unpaired) electrons. The van der Waals surface area contributed by atoms with Crippen LogP contribution < -0.4 is 0 Å². The van der Waals surface area contributed by atoms with E-state index in [1.807, 2.05) is 0 Å². The molecular weight excluding hydrogens is 212 g/mol. The highest BCUT2D eigenvalue weighted by Gasteiger charge is 2.71. The molecule has 2 rings (SSSR count). The first kappa shape index (κ1) is 13.4. The predicted octanol–water partition coefficient (Wildman–Crippen LogP) is 4.54. The van der Waals surface area contributed by atoms with Gasteiger partial charge in [-0.15, -0.1) is 0 Å².